The van der Waals surface area contributed by atoms with Gasteiger partial charge < -0.3 is 0 Å². The average Bonchev–Trinajstić information content (AvgIpc) is 2.51. The van der Waals surface area contributed by atoms with Crippen molar-refractivity contribution in [3.8, 4) is 0 Å². The van der Waals surface area contributed by atoms with Gasteiger partial charge >= 0.3 is 11.9 Å². The van der Waals surface area contributed by atoms with E-state index >= 15 is 0 Å². The minimum Gasteiger partial charge on any atom is -0.298 e. The van der Waals surface area contributed by atoms with Crippen LogP contribution < -0.4 is 0 Å². The molecule has 0 aliphatic rings. The van der Waals surface area contributed by atoms with Gasteiger partial charge in [-0.25, -0.2) is 9.59 Å². The van der Waals surface area contributed by atoms with Crippen LogP contribution in [-0.4, -0.2) is 23.1 Å². The molecule has 7 heteroatoms. The van der Waals surface area contributed by atoms with Crippen LogP contribution in [0.1, 0.15) is 94.9 Å². The number of rotatable bonds is 9. The fourth-order valence-electron chi connectivity index (χ4n) is 1.42. The Hall–Kier alpha value is -1.18. The Morgan fingerprint density at radius 2 is 1.33 bits per heavy atom. The predicted molar refractivity (Wildman–Crippen MR) is 103 cm³/mol. The summed E-state index contributed by atoms with van der Waals surface area (Å²) in [5, 5.41) is 4.47. The summed E-state index contributed by atoms with van der Waals surface area (Å²) < 4.78 is 0. The van der Waals surface area contributed by atoms with Crippen molar-refractivity contribution in [3.63, 3.8) is 0 Å². The van der Waals surface area contributed by atoms with E-state index in [0.717, 1.165) is 25.7 Å². The first-order valence-corrected chi connectivity index (χ1v) is 9.69. The molecule has 0 rings (SSSR count). The molecule has 0 amide bonds. The molecular weight excluding hydrogens is 352 g/mol. The van der Waals surface area contributed by atoms with Crippen molar-refractivity contribution in [2.45, 2.75) is 106 Å². The Morgan fingerprint density at radius 3 is 1.70 bits per heavy atom. The van der Waals surface area contributed by atoms with Crippen LogP contribution in [0.25, 0.3) is 0 Å². The number of hydrogen-bond acceptors (Lipinski definition) is 7. The second-order valence-corrected chi connectivity index (χ2v) is 8.67. The summed E-state index contributed by atoms with van der Waals surface area (Å²) in [6, 6.07) is 0. The van der Waals surface area contributed by atoms with Gasteiger partial charge in [0, 0.05) is 0 Å². The summed E-state index contributed by atoms with van der Waals surface area (Å²) in [7, 11) is 0. The number of unbranched alkanes of at least 4 members (excludes halogenated alkanes) is 1. The molecular formula is C20H40O7. The molecule has 0 fully saturated rings. The first-order chi connectivity index (χ1) is 12.2. The first kappa shape index (κ1) is 28.0. The molecule has 162 valence electrons. The molecule has 0 aliphatic carbocycles. The molecule has 1 atom stereocenters. The minimum atomic E-state index is -0.481. The Labute approximate surface area is 164 Å². The third-order valence-corrected chi connectivity index (χ3v) is 2.98. The largest absolute Gasteiger partial charge is 0.348 e. The van der Waals surface area contributed by atoms with Gasteiger partial charge in [0.1, 0.15) is 5.60 Å². The van der Waals surface area contributed by atoms with E-state index in [1.54, 1.807) is 13.8 Å². The van der Waals surface area contributed by atoms with E-state index in [9.17, 15) is 9.59 Å². The molecule has 0 aliphatic heterocycles. The van der Waals surface area contributed by atoms with Gasteiger partial charge in [0.05, 0.1) is 17.4 Å². The predicted octanol–water partition coefficient (Wildman–Crippen LogP) is 5.32. The van der Waals surface area contributed by atoms with E-state index in [2.05, 4.69) is 21.7 Å². The summed E-state index contributed by atoms with van der Waals surface area (Å²) in [4.78, 5) is 41.2. The van der Waals surface area contributed by atoms with Gasteiger partial charge in [-0.05, 0) is 59.4 Å². The van der Waals surface area contributed by atoms with E-state index in [1.165, 1.54) is 0 Å². The lowest BCUT2D eigenvalue weighted by molar-refractivity contribution is -0.515. The van der Waals surface area contributed by atoms with Gasteiger partial charge in [0.25, 0.3) is 0 Å². The lowest BCUT2D eigenvalue weighted by Crippen LogP contribution is -2.23. The standard InChI is InChI=1S/C12H24O4.C8H16O3/c1-6-8-9-10(7-2)11(13)14-16-15-12(3,4)5;1-6(2)7(9)10-11-8(3,4)5/h10H,6-9H2,1-5H3;6H,1-5H3. The highest BCUT2D eigenvalue weighted by Gasteiger charge is 2.20. The zero-order valence-corrected chi connectivity index (χ0v) is 18.8. The van der Waals surface area contributed by atoms with Crippen LogP contribution in [-0.2, 0) is 34.2 Å². The number of carbonyl (C=O) groups is 2. The third-order valence-electron chi connectivity index (χ3n) is 2.98. The topological polar surface area (TPSA) is 80.3 Å². The smallest absolute Gasteiger partial charge is 0.298 e. The summed E-state index contributed by atoms with van der Waals surface area (Å²) >= 11 is 0. The monoisotopic (exact) mass is 392 g/mol. The zero-order chi connectivity index (χ0) is 21.7. The summed E-state index contributed by atoms with van der Waals surface area (Å²) in [5.41, 5.74) is -0.907. The fraction of sp³-hybridized carbons (Fsp3) is 0.900. The number of hydrogen-bond donors (Lipinski definition) is 0. The van der Waals surface area contributed by atoms with Crippen LogP contribution in [0.2, 0.25) is 0 Å². The average molecular weight is 393 g/mol. The normalized spacial score (nSPS) is 12.9. The molecule has 0 spiro atoms. The van der Waals surface area contributed by atoms with Gasteiger partial charge in [0.2, 0.25) is 0 Å². The Kier molecular flexibility index (Phi) is 14.4. The zero-order valence-electron chi connectivity index (χ0n) is 18.8. The van der Waals surface area contributed by atoms with E-state index in [0.29, 0.717) is 0 Å². The Bertz CT molecular complexity index is 406. The highest BCUT2D eigenvalue weighted by Crippen LogP contribution is 2.15. The SMILES string of the molecule is CC(C)C(=O)OOC(C)(C)C.CCCCC(CC)C(=O)OOOC(C)(C)C. The maximum Gasteiger partial charge on any atom is 0.348 e. The summed E-state index contributed by atoms with van der Waals surface area (Å²) in [5.74, 6) is -0.916. The highest BCUT2D eigenvalue weighted by atomic mass is 17.5. The molecule has 0 heterocycles. The molecule has 1 unspecified atom stereocenters. The molecule has 27 heavy (non-hydrogen) atoms. The molecule has 0 N–H and O–H groups in total. The van der Waals surface area contributed by atoms with Crippen molar-refractivity contribution >= 4 is 11.9 Å². The maximum atomic E-state index is 11.5. The van der Waals surface area contributed by atoms with Crippen molar-refractivity contribution < 1.29 is 34.2 Å². The van der Waals surface area contributed by atoms with E-state index in [-0.39, 0.29) is 23.8 Å². The summed E-state index contributed by atoms with van der Waals surface area (Å²) in [6.45, 7) is 18.5. The van der Waals surface area contributed by atoms with Gasteiger partial charge in [0.15, 0.2) is 0 Å². The van der Waals surface area contributed by atoms with Gasteiger partial charge in [-0.1, -0.05) is 40.5 Å². The van der Waals surface area contributed by atoms with E-state index < -0.39 is 11.2 Å². The van der Waals surface area contributed by atoms with Crippen molar-refractivity contribution in [1.29, 1.82) is 0 Å². The molecule has 0 aromatic carbocycles. The van der Waals surface area contributed by atoms with Crippen molar-refractivity contribution in [1.82, 2.24) is 0 Å². The van der Waals surface area contributed by atoms with Crippen LogP contribution in [0.5, 0.6) is 0 Å². The van der Waals surface area contributed by atoms with Crippen molar-refractivity contribution in [3.05, 3.63) is 0 Å². The molecule has 0 saturated carbocycles. The van der Waals surface area contributed by atoms with Gasteiger partial charge in [-0.15, -0.1) is 0 Å². The molecule has 0 aromatic rings. The second kappa shape index (κ2) is 13.9. The molecule has 0 bridgehead atoms. The van der Waals surface area contributed by atoms with Crippen LogP contribution >= 0.6 is 0 Å². The van der Waals surface area contributed by atoms with Crippen LogP contribution in [0, 0.1) is 11.8 Å². The quantitative estimate of drug-likeness (QED) is 0.388. The Balaban J connectivity index is 0. The molecule has 0 radical (unpaired) electrons. The van der Waals surface area contributed by atoms with Gasteiger partial charge in [-0.3, -0.25) is 9.78 Å². The Morgan fingerprint density at radius 1 is 0.815 bits per heavy atom. The van der Waals surface area contributed by atoms with E-state index in [1.807, 2.05) is 48.5 Å². The maximum absolute atomic E-state index is 11.5. The molecule has 7 nitrogen and oxygen atoms in total. The molecule has 0 aromatic heterocycles. The first-order valence-electron chi connectivity index (χ1n) is 9.69. The van der Waals surface area contributed by atoms with Crippen LogP contribution in [0.15, 0.2) is 0 Å². The second-order valence-electron chi connectivity index (χ2n) is 8.67. The highest BCUT2D eigenvalue weighted by molar-refractivity contribution is 5.71. The van der Waals surface area contributed by atoms with E-state index in [4.69, 9.17) is 9.78 Å². The lowest BCUT2D eigenvalue weighted by atomic mass is 10.00. The summed E-state index contributed by atoms with van der Waals surface area (Å²) in [6.07, 6.45) is 3.69. The van der Waals surface area contributed by atoms with Crippen molar-refractivity contribution in [2.75, 3.05) is 0 Å². The minimum absolute atomic E-state index is 0.0940. The van der Waals surface area contributed by atoms with Gasteiger partial charge in [-0.2, -0.15) is 9.78 Å². The molecule has 0 saturated heterocycles. The third kappa shape index (κ3) is 19.4. The fourth-order valence-corrected chi connectivity index (χ4v) is 1.42. The van der Waals surface area contributed by atoms with Crippen molar-refractivity contribution in [2.24, 2.45) is 11.8 Å². The number of carbonyl (C=O) groups excluding carboxylic acids is 2. The lowest BCUT2D eigenvalue weighted by Gasteiger charge is -2.17. The van der Waals surface area contributed by atoms with Crippen LogP contribution in [0.4, 0.5) is 0 Å². The van der Waals surface area contributed by atoms with Crippen LogP contribution in [0.3, 0.4) is 0 Å².